The van der Waals surface area contributed by atoms with Gasteiger partial charge in [0.25, 0.3) is 5.91 Å². The van der Waals surface area contributed by atoms with Crippen LogP contribution >= 0.6 is 11.3 Å². The van der Waals surface area contributed by atoms with E-state index < -0.39 is 5.91 Å². The van der Waals surface area contributed by atoms with Gasteiger partial charge in [-0.15, -0.1) is 11.3 Å². The van der Waals surface area contributed by atoms with Crippen molar-refractivity contribution in [3.8, 4) is 6.07 Å². The molecule has 0 fully saturated rings. The normalized spacial score (nSPS) is 12.9. The van der Waals surface area contributed by atoms with E-state index in [1.807, 2.05) is 48.2 Å². The maximum atomic E-state index is 12.5. The summed E-state index contributed by atoms with van der Waals surface area (Å²) < 4.78 is 9.31. The summed E-state index contributed by atoms with van der Waals surface area (Å²) in [6.45, 7) is 6.93. The van der Waals surface area contributed by atoms with E-state index in [4.69, 9.17) is 4.74 Å². The van der Waals surface area contributed by atoms with Gasteiger partial charge < -0.3 is 14.6 Å². The van der Waals surface area contributed by atoms with Crippen LogP contribution in [0.4, 0.5) is 0 Å². The second-order valence-electron chi connectivity index (χ2n) is 6.68. The van der Waals surface area contributed by atoms with Crippen LogP contribution in [0.1, 0.15) is 35.6 Å². The van der Waals surface area contributed by atoms with Crippen molar-refractivity contribution in [1.29, 1.82) is 5.26 Å². The largest absolute Gasteiger partial charge is 0.383 e. The van der Waals surface area contributed by atoms with E-state index >= 15 is 0 Å². The molecule has 3 rings (SSSR count). The number of methoxy groups -OCH3 is 1. The molecule has 7 nitrogen and oxygen atoms in total. The zero-order chi connectivity index (χ0) is 20.3. The number of rotatable bonds is 7. The summed E-state index contributed by atoms with van der Waals surface area (Å²) in [5.74, 6) is -0.409. The van der Waals surface area contributed by atoms with Gasteiger partial charge in [0.05, 0.1) is 24.9 Å². The number of aryl methyl sites for hydroxylation is 1. The van der Waals surface area contributed by atoms with Crippen molar-refractivity contribution in [2.24, 2.45) is 0 Å². The standard InChI is InChI=1S/C20H23N5O2S/c1-13-7-16(15(3)25(13)14(2)12-27-4)8-17(9-21)19(26)22-10-18-11-24-5-6-28-20(24)23-18/h5-8,11,14H,10,12H2,1-4H3,(H,22,26)/b17-8+. The van der Waals surface area contributed by atoms with E-state index in [9.17, 15) is 10.1 Å². The average Bonchev–Trinajstić information content (AvgIpc) is 3.31. The lowest BCUT2D eigenvalue weighted by atomic mass is 10.1. The highest BCUT2D eigenvalue weighted by molar-refractivity contribution is 7.15. The molecule has 0 bridgehead atoms. The molecule has 0 saturated carbocycles. The van der Waals surface area contributed by atoms with Gasteiger partial charge in [-0.1, -0.05) is 0 Å². The van der Waals surface area contributed by atoms with Crippen molar-refractivity contribution >= 4 is 28.3 Å². The van der Waals surface area contributed by atoms with Gasteiger partial charge in [-0.25, -0.2) is 4.98 Å². The van der Waals surface area contributed by atoms with Crippen LogP contribution in [0.3, 0.4) is 0 Å². The van der Waals surface area contributed by atoms with Crippen molar-refractivity contribution in [2.45, 2.75) is 33.4 Å². The van der Waals surface area contributed by atoms with Gasteiger partial charge in [-0.05, 0) is 38.5 Å². The molecular formula is C20H23N5O2S. The molecule has 0 spiro atoms. The van der Waals surface area contributed by atoms with Crippen LogP contribution < -0.4 is 5.32 Å². The zero-order valence-corrected chi connectivity index (χ0v) is 17.2. The second kappa shape index (κ2) is 8.42. The Morgan fingerprint density at radius 1 is 1.50 bits per heavy atom. The smallest absolute Gasteiger partial charge is 0.262 e. The highest BCUT2D eigenvalue weighted by Gasteiger charge is 2.16. The molecule has 28 heavy (non-hydrogen) atoms. The quantitative estimate of drug-likeness (QED) is 0.490. The molecule has 1 N–H and O–H groups in total. The molecule has 8 heteroatoms. The van der Waals surface area contributed by atoms with Crippen molar-refractivity contribution in [3.05, 3.63) is 52.1 Å². The Bertz CT molecular complexity index is 1040. The Balaban J connectivity index is 1.75. The third-order valence-corrected chi connectivity index (χ3v) is 5.38. The first-order chi connectivity index (χ1) is 13.4. The minimum atomic E-state index is -0.409. The highest BCUT2D eigenvalue weighted by Crippen LogP contribution is 2.23. The number of nitrogens with one attached hydrogen (secondary N) is 1. The third kappa shape index (κ3) is 4.01. The Morgan fingerprint density at radius 3 is 2.96 bits per heavy atom. The van der Waals surface area contributed by atoms with Gasteiger partial charge in [-0.3, -0.25) is 9.20 Å². The SMILES string of the molecule is COCC(C)n1c(C)cc(/C=C(\C#N)C(=O)NCc2cn3ccsc3n2)c1C. The van der Waals surface area contributed by atoms with Crippen LogP contribution in [0.2, 0.25) is 0 Å². The predicted molar refractivity (Wildman–Crippen MR) is 109 cm³/mol. The molecular weight excluding hydrogens is 374 g/mol. The summed E-state index contributed by atoms with van der Waals surface area (Å²) in [6, 6.07) is 4.16. The molecule has 1 unspecified atom stereocenters. The van der Waals surface area contributed by atoms with Gasteiger partial charge in [0.15, 0.2) is 4.96 Å². The fourth-order valence-corrected chi connectivity index (χ4v) is 4.09. The van der Waals surface area contributed by atoms with Crippen LogP contribution in [0.5, 0.6) is 0 Å². The summed E-state index contributed by atoms with van der Waals surface area (Å²) in [5, 5.41) is 14.2. The first-order valence-corrected chi connectivity index (χ1v) is 9.81. The lowest BCUT2D eigenvalue weighted by Crippen LogP contribution is -2.24. The molecule has 0 radical (unpaired) electrons. The van der Waals surface area contributed by atoms with Crippen molar-refractivity contribution < 1.29 is 9.53 Å². The second-order valence-corrected chi connectivity index (χ2v) is 7.55. The van der Waals surface area contributed by atoms with Crippen molar-refractivity contribution in [3.63, 3.8) is 0 Å². The maximum Gasteiger partial charge on any atom is 0.262 e. The molecule has 3 aromatic rings. The number of nitriles is 1. The zero-order valence-electron chi connectivity index (χ0n) is 16.4. The van der Waals surface area contributed by atoms with Gasteiger partial charge in [0, 0.05) is 36.3 Å². The fraction of sp³-hybridized carbons (Fsp3) is 0.350. The molecule has 0 aromatic carbocycles. The molecule has 1 amide bonds. The Morgan fingerprint density at radius 2 is 2.29 bits per heavy atom. The number of amides is 1. The van der Waals surface area contributed by atoms with E-state index in [1.54, 1.807) is 13.2 Å². The molecule has 1 atom stereocenters. The number of carbonyl (C=O) groups is 1. The van der Waals surface area contributed by atoms with E-state index in [0.717, 1.165) is 27.6 Å². The molecule has 3 aromatic heterocycles. The number of carbonyl (C=O) groups excluding carboxylic acids is 1. The van der Waals surface area contributed by atoms with Gasteiger partial charge in [0.1, 0.15) is 11.6 Å². The van der Waals surface area contributed by atoms with Crippen LogP contribution in [-0.4, -0.2) is 33.6 Å². The summed E-state index contributed by atoms with van der Waals surface area (Å²) >= 11 is 1.53. The van der Waals surface area contributed by atoms with Crippen LogP contribution in [0, 0.1) is 25.2 Å². The number of aromatic nitrogens is 3. The van der Waals surface area contributed by atoms with E-state index in [1.165, 1.54) is 11.3 Å². The molecule has 146 valence electrons. The number of hydrogen-bond acceptors (Lipinski definition) is 5. The first-order valence-electron chi connectivity index (χ1n) is 8.93. The van der Waals surface area contributed by atoms with Crippen LogP contribution in [0.15, 0.2) is 29.4 Å². The van der Waals surface area contributed by atoms with E-state index in [2.05, 4.69) is 21.8 Å². The summed E-state index contributed by atoms with van der Waals surface area (Å²) in [5.41, 5.74) is 3.74. The summed E-state index contributed by atoms with van der Waals surface area (Å²) in [6.07, 6.45) is 5.42. The molecule has 0 aliphatic carbocycles. The number of thiazole rings is 1. The monoisotopic (exact) mass is 397 g/mol. The number of ether oxygens (including phenoxy) is 1. The Labute approximate surface area is 167 Å². The predicted octanol–water partition coefficient (Wildman–Crippen LogP) is 3.24. The third-order valence-electron chi connectivity index (χ3n) is 4.61. The summed E-state index contributed by atoms with van der Waals surface area (Å²) in [4.78, 5) is 17.8. The number of fused-ring (bicyclic) bond motifs is 1. The van der Waals surface area contributed by atoms with Gasteiger partial charge in [-0.2, -0.15) is 5.26 Å². The lowest BCUT2D eigenvalue weighted by molar-refractivity contribution is -0.117. The van der Waals surface area contributed by atoms with Crippen molar-refractivity contribution in [2.75, 3.05) is 13.7 Å². The lowest BCUT2D eigenvalue weighted by Gasteiger charge is -2.17. The maximum absolute atomic E-state index is 12.5. The minimum Gasteiger partial charge on any atom is -0.383 e. The molecule has 0 saturated heterocycles. The van der Waals surface area contributed by atoms with Gasteiger partial charge >= 0.3 is 0 Å². The van der Waals surface area contributed by atoms with E-state index in [0.29, 0.717) is 6.61 Å². The molecule has 0 aliphatic rings. The van der Waals surface area contributed by atoms with Crippen LogP contribution in [0.25, 0.3) is 11.0 Å². The number of nitrogens with zero attached hydrogens (tertiary/aromatic N) is 4. The molecule has 3 heterocycles. The number of hydrogen-bond donors (Lipinski definition) is 1. The number of imidazole rings is 1. The van der Waals surface area contributed by atoms with E-state index in [-0.39, 0.29) is 18.2 Å². The Kier molecular flexibility index (Phi) is 5.97. The fourth-order valence-electron chi connectivity index (χ4n) is 3.37. The average molecular weight is 398 g/mol. The van der Waals surface area contributed by atoms with Crippen LogP contribution in [-0.2, 0) is 16.1 Å². The first kappa shape index (κ1) is 19.9. The minimum absolute atomic E-state index is 0.0701. The molecule has 0 aliphatic heterocycles. The van der Waals surface area contributed by atoms with Gasteiger partial charge in [0.2, 0.25) is 0 Å². The summed E-state index contributed by atoms with van der Waals surface area (Å²) in [7, 11) is 1.67. The Hall–Kier alpha value is -2.89. The van der Waals surface area contributed by atoms with Crippen molar-refractivity contribution in [1.82, 2.24) is 19.3 Å². The topological polar surface area (TPSA) is 84.3 Å². The highest BCUT2D eigenvalue weighted by atomic mass is 32.1.